The first-order chi connectivity index (χ1) is 32.6. The number of aromatic nitrogens is 1. The third kappa shape index (κ3) is 17.1. The van der Waals surface area contributed by atoms with E-state index in [-0.39, 0.29) is 38.3 Å². The van der Waals surface area contributed by atoms with Gasteiger partial charge in [0.1, 0.15) is 42.3 Å². The van der Waals surface area contributed by atoms with E-state index in [9.17, 15) is 58.2 Å². The molecule has 24 heteroatoms. The number of para-hydroxylation sites is 1. The Morgan fingerprint density at radius 3 is 1.97 bits per heavy atom. The average Bonchev–Trinajstić information content (AvgIpc) is 3.96. The number of carbonyl (C=O) groups is 10. The highest BCUT2D eigenvalue weighted by atomic mass is 16.4. The number of fused-ring (bicyclic) bond motifs is 1. The highest BCUT2D eigenvalue weighted by Crippen LogP contribution is 2.23. The van der Waals surface area contributed by atoms with Crippen molar-refractivity contribution in [3.8, 4) is 0 Å². The Balaban J connectivity index is 1.84. The van der Waals surface area contributed by atoms with Crippen LogP contribution in [0.15, 0.2) is 30.5 Å². The third-order valence-corrected chi connectivity index (χ3v) is 11.6. The van der Waals surface area contributed by atoms with Crippen LogP contribution in [0.2, 0.25) is 0 Å². The SMILES string of the molecule is CC(C)[C@H](NC(=O)[C@H](C)N)C(=O)NCC(=O)N[C@H](C(=O)N1CCC[C@H]1C(=O)N[C@@H](Cc1c[nH]c2ccccc12)C(=O)N[C@@H](CCCCN)C(=O)N[C@@H](CO)C(=O)N[C@@H](CCC(=O)O)C(=O)O)C(C)C. The van der Waals surface area contributed by atoms with Crippen LogP contribution in [0.3, 0.4) is 0 Å². The highest BCUT2D eigenvalue weighted by Gasteiger charge is 2.40. The van der Waals surface area contributed by atoms with Crippen LogP contribution >= 0.6 is 0 Å². The average molecular weight is 972 g/mol. The highest BCUT2D eigenvalue weighted by molar-refractivity contribution is 5.98. The van der Waals surface area contributed by atoms with Gasteiger partial charge in [-0.2, -0.15) is 0 Å². The number of carboxylic acids is 2. The number of benzene rings is 1. The number of rotatable bonds is 28. The van der Waals surface area contributed by atoms with Crippen LogP contribution in [0.1, 0.15) is 85.1 Å². The fraction of sp³-hybridized carbons (Fsp3) is 0.600. The number of hydrogen-bond donors (Lipinski definition) is 13. The van der Waals surface area contributed by atoms with Gasteiger partial charge in [-0.25, -0.2) is 4.79 Å². The number of amides is 8. The molecule has 0 saturated carbocycles. The van der Waals surface area contributed by atoms with Crippen molar-refractivity contribution >= 4 is 70.1 Å². The predicted molar refractivity (Wildman–Crippen MR) is 249 cm³/mol. The molecule has 0 radical (unpaired) electrons. The maximum atomic E-state index is 14.4. The smallest absolute Gasteiger partial charge is 0.326 e. The Morgan fingerprint density at radius 1 is 0.739 bits per heavy atom. The van der Waals surface area contributed by atoms with E-state index in [1.54, 1.807) is 46.0 Å². The van der Waals surface area contributed by atoms with E-state index in [0.717, 1.165) is 10.9 Å². The number of unbranched alkanes of at least 4 members (excludes halogenated alkanes) is 1. The third-order valence-electron chi connectivity index (χ3n) is 11.6. The van der Waals surface area contributed by atoms with Crippen molar-refractivity contribution in [2.24, 2.45) is 23.3 Å². The molecular weight excluding hydrogens is 903 g/mol. The van der Waals surface area contributed by atoms with E-state index in [1.165, 1.54) is 11.8 Å². The largest absolute Gasteiger partial charge is 0.481 e. The minimum absolute atomic E-state index is 0.0159. The van der Waals surface area contributed by atoms with Gasteiger partial charge in [-0.1, -0.05) is 45.9 Å². The number of aliphatic hydroxyl groups excluding tert-OH is 1. The molecule has 1 aromatic carbocycles. The summed E-state index contributed by atoms with van der Waals surface area (Å²) < 4.78 is 0. The lowest BCUT2D eigenvalue weighted by atomic mass is 10.0. The molecule has 1 aliphatic heterocycles. The van der Waals surface area contributed by atoms with Crippen LogP contribution in [0.25, 0.3) is 10.9 Å². The number of aliphatic carboxylic acids is 2. The Bertz CT molecular complexity index is 2150. The predicted octanol–water partition coefficient (Wildman–Crippen LogP) is -2.54. The van der Waals surface area contributed by atoms with Gasteiger partial charge in [-0.05, 0) is 75.5 Å². The van der Waals surface area contributed by atoms with E-state index in [4.69, 9.17) is 16.6 Å². The number of nitrogens with zero attached hydrogens (tertiary/aromatic N) is 1. The van der Waals surface area contributed by atoms with Crippen molar-refractivity contribution in [1.82, 2.24) is 47.1 Å². The summed E-state index contributed by atoms with van der Waals surface area (Å²) in [7, 11) is 0. The van der Waals surface area contributed by atoms with Gasteiger partial charge in [0, 0.05) is 36.5 Å². The minimum Gasteiger partial charge on any atom is -0.481 e. The molecule has 2 aromatic rings. The van der Waals surface area contributed by atoms with Gasteiger partial charge in [-0.15, -0.1) is 0 Å². The first-order valence-corrected chi connectivity index (χ1v) is 23.0. The van der Waals surface area contributed by atoms with Crippen LogP contribution in [0.5, 0.6) is 0 Å². The molecule has 69 heavy (non-hydrogen) atoms. The van der Waals surface area contributed by atoms with E-state index >= 15 is 0 Å². The fourth-order valence-corrected chi connectivity index (χ4v) is 7.61. The van der Waals surface area contributed by atoms with Crippen LogP contribution < -0.4 is 48.7 Å². The number of nitrogens with two attached hydrogens (primary N) is 2. The lowest BCUT2D eigenvalue weighted by molar-refractivity contribution is -0.144. The Labute approximate surface area is 399 Å². The Morgan fingerprint density at radius 2 is 1.36 bits per heavy atom. The molecule has 0 spiro atoms. The van der Waals surface area contributed by atoms with Crippen LogP contribution in [0, 0.1) is 11.8 Å². The summed E-state index contributed by atoms with van der Waals surface area (Å²) in [5.74, 6) is -9.74. The lowest BCUT2D eigenvalue weighted by Crippen LogP contribution is -2.60. The molecule has 1 fully saturated rings. The van der Waals surface area contributed by atoms with Crippen LogP contribution in [-0.2, 0) is 54.4 Å². The molecule has 8 amide bonds. The van der Waals surface area contributed by atoms with Crippen LogP contribution in [0.4, 0.5) is 0 Å². The lowest BCUT2D eigenvalue weighted by Gasteiger charge is -2.31. The number of aliphatic hydroxyl groups is 1. The molecule has 1 aromatic heterocycles. The molecule has 0 bridgehead atoms. The number of hydrogen-bond acceptors (Lipinski definition) is 13. The maximum absolute atomic E-state index is 14.4. The monoisotopic (exact) mass is 972 g/mol. The zero-order valence-electron chi connectivity index (χ0n) is 39.7. The van der Waals surface area contributed by atoms with E-state index in [1.807, 2.05) is 12.1 Å². The Hall–Kier alpha value is -6.66. The minimum atomic E-state index is -1.71. The molecule has 3 rings (SSSR count). The standard InChI is InChI=1S/C45H69N11O13/c1-23(2)36(55-38(61)25(5)47)43(66)49-21-34(58)54-37(24(3)4)44(67)56-18-10-14-33(56)42(65)52-31(19-26-20-48-28-12-7-6-11-27(26)28)40(63)50-29(13-8-9-17-46)39(62)53-32(22-57)41(64)51-30(45(68)69)15-16-35(59)60/h6-7,11-12,20,23-25,29-33,36-37,48,57H,8-10,13-19,21-22,46-47H2,1-5H3,(H,49,66)(H,50,63)(H,51,64)(H,52,65)(H,53,62)(H,54,58)(H,55,61)(H,59,60)(H,68,69)/t25-,29-,30-,31-,32-,33-,36-,37-/m0/s1. The Kier molecular flexibility index (Phi) is 22.5. The number of carbonyl (C=O) groups excluding carboxylic acids is 8. The molecular formula is C45H69N11O13. The molecule has 0 unspecified atom stereocenters. The number of aromatic amines is 1. The molecule has 1 saturated heterocycles. The first kappa shape index (κ1) is 56.7. The molecule has 382 valence electrons. The molecule has 15 N–H and O–H groups in total. The first-order valence-electron chi connectivity index (χ1n) is 23.0. The topological polar surface area (TPSA) is 387 Å². The van der Waals surface area contributed by atoms with Crippen LogP contribution in [-0.4, -0.2) is 159 Å². The number of H-pyrrole nitrogens is 1. The van der Waals surface area contributed by atoms with Gasteiger partial charge >= 0.3 is 11.9 Å². The quantitative estimate of drug-likeness (QED) is 0.0391. The zero-order valence-corrected chi connectivity index (χ0v) is 39.7. The van der Waals surface area contributed by atoms with Gasteiger partial charge < -0.3 is 73.9 Å². The molecule has 24 nitrogen and oxygen atoms in total. The zero-order chi connectivity index (χ0) is 51.5. The number of nitrogens with one attached hydrogen (secondary N) is 8. The van der Waals surface area contributed by atoms with Crippen molar-refractivity contribution in [3.63, 3.8) is 0 Å². The molecule has 1 aliphatic rings. The van der Waals surface area contributed by atoms with E-state index in [0.29, 0.717) is 24.8 Å². The second-order valence-electron chi connectivity index (χ2n) is 17.8. The van der Waals surface area contributed by atoms with Crippen molar-refractivity contribution in [2.45, 2.75) is 134 Å². The summed E-state index contributed by atoms with van der Waals surface area (Å²) in [4.78, 5) is 135. The normalized spacial score (nSPS) is 16.6. The van der Waals surface area contributed by atoms with Crippen molar-refractivity contribution in [3.05, 3.63) is 36.0 Å². The number of likely N-dealkylation sites (tertiary alicyclic amines) is 1. The summed E-state index contributed by atoms with van der Waals surface area (Å²) in [5, 5.41) is 46.9. The molecule has 2 heterocycles. The van der Waals surface area contributed by atoms with Crippen molar-refractivity contribution in [2.75, 3.05) is 26.2 Å². The van der Waals surface area contributed by atoms with E-state index in [2.05, 4.69) is 42.2 Å². The summed E-state index contributed by atoms with van der Waals surface area (Å²) >= 11 is 0. The van der Waals surface area contributed by atoms with Gasteiger partial charge in [0.15, 0.2) is 0 Å². The van der Waals surface area contributed by atoms with Gasteiger partial charge in [-0.3, -0.25) is 43.2 Å². The van der Waals surface area contributed by atoms with Crippen molar-refractivity contribution in [1.29, 1.82) is 0 Å². The summed E-state index contributed by atoms with van der Waals surface area (Å²) in [6.07, 6.45) is 1.81. The van der Waals surface area contributed by atoms with Gasteiger partial charge in [0.2, 0.25) is 47.3 Å². The number of carboxylic acid groups (broad SMARTS) is 2. The van der Waals surface area contributed by atoms with Gasteiger partial charge in [0.25, 0.3) is 0 Å². The van der Waals surface area contributed by atoms with Crippen molar-refractivity contribution < 1.29 is 63.3 Å². The second kappa shape index (κ2) is 27.4. The summed E-state index contributed by atoms with van der Waals surface area (Å²) in [6.45, 7) is 7.11. The summed E-state index contributed by atoms with van der Waals surface area (Å²) in [6, 6.07) is -2.96. The molecule has 8 atom stereocenters. The fourth-order valence-electron chi connectivity index (χ4n) is 7.61. The second-order valence-corrected chi connectivity index (χ2v) is 17.8. The van der Waals surface area contributed by atoms with Gasteiger partial charge in [0.05, 0.1) is 19.2 Å². The molecule has 0 aliphatic carbocycles. The van der Waals surface area contributed by atoms with E-state index < -0.39 is 139 Å². The summed E-state index contributed by atoms with van der Waals surface area (Å²) in [5.41, 5.74) is 12.7. The maximum Gasteiger partial charge on any atom is 0.326 e.